The summed E-state index contributed by atoms with van der Waals surface area (Å²) in [5.74, 6) is -0.0943. The smallest absolute Gasteiger partial charge is 0.321 e. The predicted octanol–water partition coefficient (Wildman–Crippen LogP) is 4.65. The largest absolute Gasteiger partial charge is 0.492 e. The summed E-state index contributed by atoms with van der Waals surface area (Å²) < 4.78 is 19.6. The van der Waals surface area contributed by atoms with Crippen LogP contribution < -0.4 is 10.1 Å². The Morgan fingerprint density at radius 2 is 2.04 bits per heavy atom. The molecule has 0 bridgehead atoms. The third-order valence-corrected chi connectivity index (χ3v) is 3.97. The van der Waals surface area contributed by atoms with Gasteiger partial charge in [-0.05, 0) is 30.7 Å². The van der Waals surface area contributed by atoms with Crippen LogP contribution in [0.2, 0.25) is 0 Å². The number of nitrogens with zero attached hydrogens (tertiary/aromatic N) is 1. The molecule has 0 aliphatic heterocycles. The number of hydrogen-bond acceptors (Lipinski definition) is 2. The number of rotatable bonds is 5. The van der Waals surface area contributed by atoms with Crippen molar-refractivity contribution in [3.05, 3.63) is 58.3 Å². The van der Waals surface area contributed by atoms with E-state index in [1.54, 1.807) is 18.9 Å². The summed E-state index contributed by atoms with van der Waals surface area (Å²) in [5, 5.41) is 2.74. The van der Waals surface area contributed by atoms with E-state index in [0.29, 0.717) is 24.6 Å². The van der Waals surface area contributed by atoms with Gasteiger partial charge in [0, 0.05) is 24.1 Å². The Morgan fingerprint density at radius 1 is 1.30 bits per heavy atom. The normalized spacial score (nSPS) is 10.3. The van der Waals surface area contributed by atoms with Crippen LogP contribution in [0, 0.1) is 5.82 Å². The fourth-order valence-electron chi connectivity index (χ4n) is 2.04. The summed E-state index contributed by atoms with van der Waals surface area (Å²) >= 11 is 3.46. The average molecular weight is 381 g/mol. The van der Waals surface area contributed by atoms with Crippen LogP contribution >= 0.6 is 15.9 Å². The summed E-state index contributed by atoms with van der Waals surface area (Å²) in [7, 11) is 1.69. The molecule has 6 heteroatoms. The third-order valence-electron chi connectivity index (χ3n) is 3.20. The minimum atomic E-state index is -0.409. The maximum absolute atomic E-state index is 13.3. The molecule has 0 heterocycles. The maximum Gasteiger partial charge on any atom is 0.321 e. The number of anilines is 1. The lowest BCUT2D eigenvalue weighted by atomic mass is 10.2. The van der Waals surface area contributed by atoms with E-state index in [2.05, 4.69) is 21.2 Å². The zero-order chi connectivity index (χ0) is 16.8. The van der Waals surface area contributed by atoms with E-state index in [4.69, 9.17) is 4.74 Å². The monoisotopic (exact) mass is 380 g/mol. The predicted molar refractivity (Wildman–Crippen MR) is 92.2 cm³/mol. The Kier molecular flexibility index (Phi) is 5.98. The van der Waals surface area contributed by atoms with Gasteiger partial charge in [-0.1, -0.05) is 34.1 Å². The zero-order valence-electron chi connectivity index (χ0n) is 13.0. The first-order valence-corrected chi connectivity index (χ1v) is 7.98. The molecular weight excluding hydrogens is 363 g/mol. The Bertz CT molecular complexity index is 694. The lowest BCUT2D eigenvalue weighted by molar-refractivity contribution is 0.220. The van der Waals surface area contributed by atoms with Gasteiger partial charge in [0.05, 0.1) is 12.3 Å². The molecule has 1 N–H and O–H groups in total. The van der Waals surface area contributed by atoms with E-state index in [1.165, 1.54) is 18.2 Å². The van der Waals surface area contributed by atoms with Crippen molar-refractivity contribution in [2.75, 3.05) is 19.0 Å². The minimum Gasteiger partial charge on any atom is -0.492 e. The molecule has 0 aliphatic rings. The van der Waals surface area contributed by atoms with Crippen LogP contribution in [0.1, 0.15) is 12.5 Å². The second-order valence-corrected chi connectivity index (χ2v) is 5.81. The van der Waals surface area contributed by atoms with Crippen LogP contribution in [-0.4, -0.2) is 24.6 Å². The highest BCUT2D eigenvalue weighted by molar-refractivity contribution is 9.10. The lowest BCUT2D eigenvalue weighted by Crippen LogP contribution is -2.31. The van der Waals surface area contributed by atoms with Crippen molar-refractivity contribution < 1.29 is 13.9 Å². The molecule has 2 rings (SSSR count). The van der Waals surface area contributed by atoms with Crippen molar-refractivity contribution >= 4 is 27.6 Å². The standard InChI is InChI=1S/C17H18BrFN2O2/c1-3-23-16-10-13(19)8-9-15(16)20-17(22)21(2)11-12-6-4-5-7-14(12)18/h4-10H,3,11H2,1-2H3,(H,20,22). The van der Waals surface area contributed by atoms with E-state index < -0.39 is 5.82 Å². The van der Waals surface area contributed by atoms with Crippen molar-refractivity contribution in [1.82, 2.24) is 4.90 Å². The molecule has 0 aliphatic carbocycles. The molecule has 0 radical (unpaired) electrons. The Morgan fingerprint density at radius 3 is 2.74 bits per heavy atom. The van der Waals surface area contributed by atoms with Gasteiger partial charge in [0.15, 0.2) is 0 Å². The second kappa shape index (κ2) is 7.97. The molecule has 0 fully saturated rings. The van der Waals surface area contributed by atoms with E-state index in [1.807, 2.05) is 24.3 Å². The van der Waals surface area contributed by atoms with E-state index >= 15 is 0 Å². The summed E-state index contributed by atoms with van der Waals surface area (Å²) in [6.45, 7) is 2.63. The quantitative estimate of drug-likeness (QED) is 0.819. The van der Waals surface area contributed by atoms with Crippen molar-refractivity contribution in [2.24, 2.45) is 0 Å². The van der Waals surface area contributed by atoms with Gasteiger partial charge in [-0.25, -0.2) is 9.18 Å². The molecule has 0 saturated carbocycles. The molecule has 2 amide bonds. The van der Waals surface area contributed by atoms with E-state index in [0.717, 1.165) is 10.0 Å². The SMILES string of the molecule is CCOc1cc(F)ccc1NC(=O)N(C)Cc1ccccc1Br. The number of ether oxygens (including phenoxy) is 1. The summed E-state index contributed by atoms with van der Waals surface area (Å²) in [6.07, 6.45) is 0. The first-order valence-electron chi connectivity index (χ1n) is 7.19. The molecule has 2 aromatic carbocycles. The first-order chi connectivity index (χ1) is 11.0. The molecular formula is C17H18BrFN2O2. The number of benzene rings is 2. The average Bonchev–Trinajstić information content (AvgIpc) is 2.52. The topological polar surface area (TPSA) is 41.6 Å². The van der Waals surface area contributed by atoms with Gasteiger partial charge in [-0.15, -0.1) is 0 Å². The van der Waals surface area contributed by atoms with Crippen molar-refractivity contribution in [3.8, 4) is 5.75 Å². The number of carbonyl (C=O) groups excluding carboxylic acids is 1. The first kappa shape index (κ1) is 17.3. The van der Waals surface area contributed by atoms with Crippen molar-refractivity contribution in [2.45, 2.75) is 13.5 Å². The summed E-state index contributed by atoms with van der Waals surface area (Å²) in [6, 6.07) is 11.4. The fourth-order valence-corrected chi connectivity index (χ4v) is 2.45. The molecule has 0 saturated heterocycles. The summed E-state index contributed by atoms with van der Waals surface area (Å²) in [5.41, 5.74) is 1.44. The third kappa shape index (κ3) is 4.69. The van der Waals surface area contributed by atoms with Crippen LogP contribution in [0.4, 0.5) is 14.9 Å². The summed E-state index contributed by atoms with van der Waals surface area (Å²) in [4.78, 5) is 13.9. The Balaban J connectivity index is 2.08. The van der Waals surface area contributed by atoms with E-state index in [-0.39, 0.29) is 6.03 Å². The maximum atomic E-state index is 13.3. The molecule has 2 aromatic rings. The molecule has 4 nitrogen and oxygen atoms in total. The number of urea groups is 1. The van der Waals surface area contributed by atoms with Crippen LogP contribution in [0.15, 0.2) is 46.9 Å². The number of nitrogens with one attached hydrogen (secondary N) is 1. The molecule has 122 valence electrons. The number of hydrogen-bond donors (Lipinski definition) is 1. The van der Waals surface area contributed by atoms with Crippen LogP contribution in [-0.2, 0) is 6.54 Å². The van der Waals surface area contributed by atoms with Crippen LogP contribution in [0.3, 0.4) is 0 Å². The number of carbonyl (C=O) groups is 1. The van der Waals surface area contributed by atoms with Gasteiger partial charge in [0.2, 0.25) is 0 Å². The fraction of sp³-hybridized carbons (Fsp3) is 0.235. The van der Waals surface area contributed by atoms with Gasteiger partial charge in [-0.2, -0.15) is 0 Å². The van der Waals surface area contributed by atoms with Crippen LogP contribution in [0.5, 0.6) is 5.75 Å². The Labute approximate surface area is 143 Å². The molecule has 0 spiro atoms. The molecule has 23 heavy (non-hydrogen) atoms. The van der Waals surface area contributed by atoms with Gasteiger partial charge >= 0.3 is 6.03 Å². The van der Waals surface area contributed by atoms with Gasteiger partial charge in [-0.3, -0.25) is 0 Å². The molecule has 0 atom stereocenters. The van der Waals surface area contributed by atoms with Gasteiger partial charge in [0.1, 0.15) is 11.6 Å². The van der Waals surface area contributed by atoms with Crippen LogP contribution in [0.25, 0.3) is 0 Å². The van der Waals surface area contributed by atoms with Gasteiger partial charge < -0.3 is 15.0 Å². The molecule has 0 unspecified atom stereocenters. The highest BCUT2D eigenvalue weighted by atomic mass is 79.9. The van der Waals surface area contributed by atoms with E-state index in [9.17, 15) is 9.18 Å². The van der Waals surface area contributed by atoms with Crippen molar-refractivity contribution in [3.63, 3.8) is 0 Å². The zero-order valence-corrected chi connectivity index (χ0v) is 14.6. The second-order valence-electron chi connectivity index (χ2n) is 4.95. The lowest BCUT2D eigenvalue weighted by Gasteiger charge is -2.20. The highest BCUT2D eigenvalue weighted by Gasteiger charge is 2.14. The highest BCUT2D eigenvalue weighted by Crippen LogP contribution is 2.26. The Hall–Kier alpha value is -2.08. The minimum absolute atomic E-state index is 0.298. The van der Waals surface area contributed by atoms with Crippen molar-refractivity contribution in [1.29, 1.82) is 0 Å². The van der Waals surface area contributed by atoms with Gasteiger partial charge in [0.25, 0.3) is 0 Å². The number of halogens is 2. The number of amides is 2. The molecule has 0 aromatic heterocycles.